The average Bonchev–Trinajstić information content (AvgIpc) is 2.49. The summed E-state index contributed by atoms with van der Waals surface area (Å²) in [5, 5.41) is 6.80. The highest BCUT2D eigenvalue weighted by atomic mass is 15.2. The molecule has 20 heavy (non-hydrogen) atoms. The summed E-state index contributed by atoms with van der Waals surface area (Å²) in [7, 11) is 0. The van der Waals surface area contributed by atoms with Gasteiger partial charge in [0.05, 0.1) is 17.6 Å². The summed E-state index contributed by atoms with van der Waals surface area (Å²) in [6.45, 7) is 1.98. The van der Waals surface area contributed by atoms with E-state index in [2.05, 4.69) is 25.6 Å². The van der Waals surface area contributed by atoms with E-state index in [4.69, 9.17) is 0 Å². The van der Waals surface area contributed by atoms with Crippen molar-refractivity contribution in [2.24, 2.45) is 4.99 Å². The standard InChI is InChI=1S/C15H17N5/c1-11-18-14(13-4-2-3-7-17-13)10-15(19-11)20-12-5-8-16-9-6-12/h2-9,14-15H,10H2,1H3,(H,16,20)(H,18,19). The fraction of sp³-hybridized carbons (Fsp3) is 0.267. The highest BCUT2D eigenvalue weighted by Crippen LogP contribution is 2.22. The largest absolute Gasteiger partial charge is 0.365 e. The first-order valence-electron chi connectivity index (χ1n) is 6.70. The van der Waals surface area contributed by atoms with Crippen molar-refractivity contribution in [2.45, 2.75) is 25.6 Å². The van der Waals surface area contributed by atoms with E-state index in [0.717, 1.165) is 23.6 Å². The third-order valence-electron chi connectivity index (χ3n) is 3.25. The maximum Gasteiger partial charge on any atom is 0.123 e. The molecule has 0 aromatic carbocycles. The quantitative estimate of drug-likeness (QED) is 0.896. The second-order valence-corrected chi connectivity index (χ2v) is 4.80. The molecule has 5 heteroatoms. The molecule has 5 nitrogen and oxygen atoms in total. The fourth-order valence-electron chi connectivity index (χ4n) is 2.37. The predicted octanol–water partition coefficient (Wildman–Crippen LogP) is 2.37. The first-order valence-corrected chi connectivity index (χ1v) is 6.70. The van der Waals surface area contributed by atoms with Gasteiger partial charge in [0.2, 0.25) is 0 Å². The van der Waals surface area contributed by atoms with Gasteiger partial charge in [-0.3, -0.25) is 9.97 Å². The number of amidine groups is 1. The smallest absolute Gasteiger partial charge is 0.123 e. The van der Waals surface area contributed by atoms with Gasteiger partial charge in [0.25, 0.3) is 0 Å². The fourth-order valence-corrected chi connectivity index (χ4v) is 2.37. The van der Waals surface area contributed by atoms with Crippen LogP contribution in [0.3, 0.4) is 0 Å². The molecule has 2 N–H and O–H groups in total. The Labute approximate surface area is 118 Å². The third kappa shape index (κ3) is 2.93. The molecule has 102 valence electrons. The van der Waals surface area contributed by atoms with Gasteiger partial charge in [-0.25, -0.2) is 4.99 Å². The van der Waals surface area contributed by atoms with Crippen molar-refractivity contribution >= 4 is 11.5 Å². The maximum atomic E-state index is 4.60. The van der Waals surface area contributed by atoms with Gasteiger partial charge in [0.1, 0.15) is 6.17 Å². The van der Waals surface area contributed by atoms with Gasteiger partial charge in [-0.05, 0) is 31.2 Å². The number of aliphatic imine (C=N–C) groups is 1. The van der Waals surface area contributed by atoms with Crippen LogP contribution in [0.1, 0.15) is 25.1 Å². The van der Waals surface area contributed by atoms with Gasteiger partial charge in [-0.1, -0.05) is 6.07 Å². The van der Waals surface area contributed by atoms with Gasteiger partial charge in [0, 0.05) is 30.7 Å². The van der Waals surface area contributed by atoms with E-state index in [-0.39, 0.29) is 12.2 Å². The van der Waals surface area contributed by atoms with Crippen molar-refractivity contribution in [1.82, 2.24) is 15.3 Å². The van der Waals surface area contributed by atoms with Crippen molar-refractivity contribution in [3.05, 3.63) is 54.6 Å². The number of nitrogens with zero attached hydrogens (tertiary/aromatic N) is 3. The van der Waals surface area contributed by atoms with Crippen molar-refractivity contribution < 1.29 is 0 Å². The predicted molar refractivity (Wildman–Crippen MR) is 79.5 cm³/mol. The SMILES string of the molecule is CC1=NC(Nc2ccncc2)CC(c2ccccn2)N1. The van der Waals surface area contributed by atoms with Gasteiger partial charge < -0.3 is 10.6 Å². The zero-order valence-electron chi connectivity index (χ0n) is 11.3. The van der Waals surface area contributed by atoms with E-state index in [1.807, 2.05) is 43.5 Å². The lowest BCUT2D eigenvalue weighted by Gasteiger charge is -2.29. The molecule has 0 saturated heterocycles. The molecule has 2 atom stereocenters. The molecule has 2 aromatic rings. The summed E-state index contributed by atoms with van der Waals surface area (Å²) in [5.74, 6) is 0.929. The van der Waals surface area contributed by atoms with E-state index in [1.54, 1.807) is 12.4 Å². The molecule has 3 rings (SSSR count). The van der Waals surface area contributed by atoms with Crippen LogP contribution in [0.2, 0.25) is 0 Å². The Morgan fingerprint density at radius 3 is 2.75 bits per heavy atom. The zero-order chi connectivity index (χ0) is 13.8. The number of pyridine rings is 2. The van der Waals surface area contributed by atoms with Gasteiger partial charge in [0.15, 0.2) is 0 Å². The Bertz CT molecular complexity index is 582. The molecule has 0 amide bonds. The highest BCUT2D eigenvalue weighted by molar-refractivity contribution is 5.81. The summed E-state index contributed by atoms with van der Waals surface area (Å²) in [4.78, 5) is 13.0. The van der Waals surface area contributed by atoms with Gasteiger partial charge >= 0.3 is 0 Å². The van der Waals surface area contributed by atoms with Gasteiger partial charge in [-0.2, -0.15) is 0 Å². The van der Waals surface area contributed by atoms with E-state index in [1.165, 1.54) is 0 Å². The number of hydrogen-bond donors (Lipinski definition) is 2. The Hall–Kier alpha value is -2.43. The molecular weight excluding hydrogens is 250 g/mol. The number of rotatable bonds is 3. The Morgan fingerprint density at radius 2 is 2.00 bits per heavy atom. The molecule has 1 aliphatic heterocycles. The van der Waals surface area contributed by atoms with E-state index in [0.29, 0.717) is 0 Å². The minimum absolute atomic E-state index is 0.0469. The normalized spacial score (nSPS) is 21.8. The van der Waals surface area contributed by atoms with Crippen LogP contribution >= 0.6 is 0 Å². The molecule has 0 bridgehead atoms. The lowest BCUT2D eigenvalue weighted by atomic mass is 10.1. The summed E-state index contributed by atoms with van der Waals surface area (Å²) in [6.07, 6.45) is 6.28. The van der Waals surface area contributed by atoms with Crippen LogP contribution in [0, 0.1) is 0 Å². The number of aromatic nitrogens is 2. The summed E-state index contributed by atoms with van der Waals surface area (Å²) >= 11 is 0. The topological polar surface area (TPSA) is 62.2 Å². The average molecular weight is 267 g/mol. The van der Waals surface area contributed by atoms with Crippen LogP contribution in [0.25, 0.3) is 0 Å². The van der Waals surface area contributed by atoms with Crippen molar-refractivity contribution in [1.29, 1.82) is 0 Å². The number of hydrogen-bond acceptors (Lipinski definition) is 5. The molecule has 3 heterocycles. The zero-order valence-corrected chi connectivity index (χ0v) is 11.3. The first-order chi connectivity index (χ1) is 9.81. The van der Waals surface area contributed by atoms with Crippen molar-refractivity contribution in [2.75, 3.05) is 5.32 Å². The van der Waals surface area contributed by atoms with Crippen molar-refractivity contribution in [3.8, 4) is 0 Å². The minimum Gasteiger partial charge on any atom is -0.365 e. The first kappa shape index (κ1) is 12.6. The summed E-state index contributed by atoms with van der Waals surface area (Å²) in [6, 6.07) is 10.1. The number of nitrogens with one attached hydrogen (secondary N) is 2. The van der Waals surface area contributed by atoms with Crippen LogP contribution in [0.4, 0.5) is 5.69 Å². The van der Waals surface area contributed by atoms with Crippen LogP contribution in [0.5, 0.6) is 0 Å². The molecule has 2 unspecified atom stereocenters. The lowest BCUT2D eigenvalue weighted by molar-refractivity contribution is 0.495. The Morgan fingerprint density at radius 1 is 1.15 bits per heavy atom. The minimum atomic E-state index is 0.0469. The summed E-state index contributed by atoms with van der Waals surface area (Å²) < 4.78 is 0. The van der Waals surface area contributed by atoms with Gasteiger partial charge in [-0.15, -0.1) is 0 Å². The third-order valence-corrected chi connectivity index (χ3v) is 3.25. The highest BCUT2D eigenvalue weighted by Gasteiger charge is 2.23. The molecule has 2 aromatic heterocycles. The van der Waals surface area contributed by atoms with E-state index >= 15 is 0 Å². The molecule has 0 aliphatic carbocycles. The van der Waals surface area contributed by atoms with Crippen LogP contribution < -0.4 is 10.6 Å². The van der Waals surface area contributed by atoms with Crippen molar-refractivity contribution in [3.63, 3.8) is 0 Å². The molecule has 0 fully saturated rings. The summed E-state index contributed by atoms with van der Waals surface area (Å²) in [5.41, 5.74) is 2.08. The molecule has 0 saturated carbocycles. The maximum absolute atomic E-state index is 4.60. The Kier molecular flexibility index (Phi) is 3.58. The second kappa shape index (κ2) is 5.69. The second-order valence-electron chi connectivity index (χ2n) is 4.80. The Balaban J connectivity index is 1.75. The van der Waals surface area contributed by atoms with Crippen LogP contribution in [-0.4, -0.2) is 22.0 Å². The molecule has 0 spiro atoms. The van der Waals surface area contributed by atoms with Crippen LogP contribution in [-0.2, 0) is 0 Å². The lowest BCUT2D eigenvalue weighted by Crippen LogP contribution is -2.38. The molecule has 1 aliphatic rings. The van der Waals surface area contributed by atoms with Crippen LogP contribution in [0.15, 0.2) is 53.9 Å². The number of anilines is 1. The monoisotopic (exact) mass is 267 g/mol. The van der Waals surface area contributed by atoms with E-state index < -0.39 is 0 Å². The molecular formula is C15H17N5. The van der Waals surface area contributed by atoms with E-state index in [9.17, 15) is 0 Å². The molecule has 0 radical (unpaired) electrons.